The SMILES string of the molecule is CCNC(=O)[C@H](C)N(Cc1ccc(Cl)cc1)C(=O)COc1ccc(S(=O)(=O)Nc2ccc(F)cc2)cc1. The van der Waals surface area contributed by atoms with Gasteiger partial charge < -0.3 is 15.0 Å². The van der Waals surface area contributed by atoms with Crippen molar-refractivity contribution in [3.05, 3.63) is 89.2 Å². The monoisotopic (exact) mass is 547 g/mol. The molecule has 196 valence electrons. The van der Waals surface area contributed by atoms with Gasteiger partial charge in [-0.3, -0.25) is 14.3 Å². The summed E-state index contributed by atoms with van der Waals surface area (Å²) in [5.74, 6) is -0.936. The van der Waals surface area contributed by atoms with E-state index in [-0.39, 0.29) is 35.4 Å². The van der Waals surface area contributed by atoms with E-state index < -0.39 is 27.8 Å². The van der Waals surface area contributed by atoms with Crippen LogP contribution in [0.1, 0.15) is 19.4 Å². The van der Waals surface area contributed by atoms with Gasteiger partial charge in [-0.1, -0.05) is 23.7 Å². The van der Waals surface area contributed by atoms with Crippen LogP contribution in [0.3, 0.4) is 0 Å². The standard InChI is InChI=1S/C26H27ClFN3O5S/c1-3-29-26(33)18(2)31(16-19-4-6-20(27)7-5-19)25(32)17-36-23-12-14-24(15-13-23)37(34,35)30-22-10-8-21(28)9-11-22/h4-15,18,30H,3,16-17H2,1-2H3,(H,29,33)/t18-/m0/s1. The van der Waals surface area contributed by atoms with Gasteiger partial charge in [-0.25, -0.2) is 12.8 Å². The number of rotatable bonds is 11. The number of nitrogens with zero attached hydrogens (tertiary/aromatic N) is 1. The van der Waals surface area contributed by atoms with E-state index in [1.807, 2.05) is 0 Å². The van der Waals surface area contributed by atoms with Gasteiger partial charge in [0, 0.05) is 23.8 Å². The molecule has 3 rings (SSSR count). The van der Waals surface area contributed by atoms with Crippen molar-refractivity contribution in [2.45, 2.75) is 31.3 Å². The predicted molar refractivity (Wildman–Crippen MR) is 139 cm³/mol. The highest BCUT2D eigenvalue weighted by Crippen LogP contribution is 2.20. The lowest BCUT2D eigenvalue weighted by atomic mass is 10.1. The summed E-state index contributed by atoms with van der Waals surface area (Å²) in [7, 11) is -3.91. The number of nitrogens with one attached hydrogen (secondary N) is 2. The van der Waals surface area contributed by atoms with Crippen molar-refractivity contribution in [2.75, 3.05) is 17.9 Å². The highest BCUT2D eigenvalue weighted by Gasteiger charge is 2.26. The van der Waals surface area contributed by atoms with E-state index in [0.29, 0.717) is 11.6 Å². The normalized spacial score (nSPS) is 11.9. The van der Waals surface area contributed by atoms with Gasteiger partial charge >= 0.3 is 0 Å². The van der Waals surface area contributed by atoms with Gasteiger partial charge in [0.05, 0.1) is 4.90 Å². The molecule has 3 aromatic carbocycles. The average molecular weight is 548 g/mol. The van der Waals surface area contributed by atoms with E-state index in [0.717, 1.165) is 17.7 Å². The molecule has 0 aliphatic rings. The Morgan fingerprint density at radius 2 is 1.62 bits per heavy atom. The Bertz CT molecular complexity index is 1320. The molecule has 0 bridgehead atoms. The third-order valence-electron chi connectivity index (χ3n) is 5.38. The second kappa shape index (κ2) is 12.6. The topological polar surface area (TPSA) is 105 Å². The molecule has 37 heavy (non-hydrogen) atoms. The molecule has 0 aliphatic carbocycles. The Morgan fingerprint density at radius 3 is 2.22 bits per heavy atom. The first-order valence-electron chi connectivity index (χ1n) is 11.4. The maximum Gasteiger partial charge on any atom is 0.261 e. The summed E-state index contributed by atoms with van der Waals surface area (Å²) in [6, 6.07) is 16.6. The maximum atomic E-state index is 13.1. The molecule has 0 radical (unpaired) electrons. The number of ether oxygens (including phenoxy) is 1. The molecule has 0 spiro atoms. The number of sulfonamides is 1. The number of hydrogen-bond donors (Lipinski definition) is 2. The highest BCUT2D eigenvalue weighted by molar-refractivity contribution is 7.92. The van der Waals surface area contributed by atoms with Crippen LogP contribution >= 0.6 is 11.6 Å². The third kappa shape index (κ3) is 7.93. The van der Waals surface area contributed by atoms with Crippen molar-refractivity contribution in [1.82, 2.24) is 10.2 Å². The Kier molecular flexibility index (Phi) is 9.48. The van der Waals surface area contributed by atoms with Crippen LogP contribution in [0.15, 0.2) is 77.7 Å². The highest BCUT2D eigenvalue weighted by atomic mass is 35.5. The number of benzene rings is 3. The molecule has 2 N–H and O–H groups in total. The first-order chi connectivity index (χ1) is 17.6. The summed E-state index contributed by atoms with van der Waals surface area (Å²) in [6.07, 6.45) is 0. The van der Waals surface area contributed by atoms with Crippen molar-refractivity contribution in [1.29, 1.82) is 0 Å². The third-order valence-corrected chi connectivity index (χ3v) is 7.03. The molecule has 3 aromatic rings. The zero-order chi connectivity index (χ0) is 27.0. The van der Waals surface area contributed by atoms with Gasteiger partial charge in [0.15, 0.2) is 6.61 Å². The van der Waals surface area contributed by atoms with Crippen LogP contribution in [-0.4, -0.2) is 44.3 Å². The molecule has 1 atom stereocenters. The minimum Gasteiger partial charge on any atom is -0.484 e. The molecule has 0 aliphatic heterocycles. The van der Waals surface area contributed by atoms with Gasteiger partial charge in [-0.15, -0.1) is 0 Å². The van der Waals surface area contributed by atoms with Crippen LogP contribution in [0.25, 0.3) is 0 Å². The van der Waals surface area contributed by atoms with Crippen molar-refractivity contribution < 1.29 is 27.1 Å². The fraction of sp³-hybridized carbons (Fsp3) is 0.231. The van der Waals surface area contributed by atoms with Crippen LogP contribution < -0.4 is 14.8 Å². The molecule has 0 unspecified atom stereocenters. The molecular formula is C26H27ClFN3O5S. The molecule has 0 fully saturated rings. The second-order valence-corrected chi connectivity index (χ2v) is 10.2. The summed E-state index contributed by atoms with van der Waals surface area (Å²) >= 11 is 5.95. The van der Waals surface area contributed by atoms with Gasteiger partial charge in [-0.2, -0.15) is 0 Å². The van der Waals surface area contributed by atoms with Crippen molar-refractivity contribution in [3.63, 3.8) is 0 Å². The first-order valence-corrected chi connectivity index (χ1v) is 13.3. The quantitative estimate of drug-likeness (QED) is 0.374. The van der Waals surface area contributed by atoms with Crippen LogP contribution in [-0.2, 0) is 26.2 Å². The van der Waals surface area contributed by atoms with Crippen molar-refractivity contribution in [2.24, 2.45) is 0 Å². The van der Waals surface area contributed by atoms with Gasteiger partial charge in [0.1, 0.15) is 17.6 Å². The van der Waals surface area contributed by atoms with Crippen LogP contribution in [0.4, 0.5) is 10.1 Å². The lowest BCUT2D eigenvalue weighted by Crippen LogP contribution is -2.49. The van der Waals surface area contributed by atoms with Crippen molar-refractivity contribution >= 4 is 39.1 Å². The Hall–Kier alpha value is -3.63. The summed E-state index contributed by atoms with van der Waals surface area (Å²) in [5, 5.41) is 3.27. The Labute approximate surface area is 220 Å². The molecule has 0 heterocycles. The van der Waals surface area contributed by atoms with Crippen molar-refractivity contribution in [3.8, 4) is 5.75 Å². The van der Waals surface area contributed by atoms with Gasteiger partial charge in [-0.05, 0) is 80.1 Å². The largest absolute Gasteiger partial charge is 0.484 e. The van der Waals surface area contributed by atoms with E-state index in [9.17, 15) is 22.4 Å². The minimum atomic E-state index is -3.91. The molecule has 2 amide bonds. The summed E-state index contributed by atoms with van der Waals surface area (Å²) in [5.41, 5.74) is 1.01. The smallest absolute Gasteiger partial charge is 0.261 e. The number of anilines is 1. The summed E-state index contributed by atoms with van der Waals surface area (Å²) < 4.78 is 46.2. The molecule has 0 aromatic heterocycles. The fourth-order valence-corrected chi connectivity index (χ4v) is 4.55. The lowest BCUT2D eigenvalue weighted by molar-refractivity contribution is -0.142. The predicted octanol–water partition coefficient (Wildman–Crippen LogP) is 4.21. The van der Waals surface area contributed by atoms with Crippen LogP contribution in [0.2, 0.25) is 5.02 Å². The first kappa shape index (κ1) is 27.9. The summed E-state index contributed by atoms with van der Waals surface area (Å²) in [6.45, 7) is 3.65. The molecule has 0 saturated heterocycles. The lowest BCUT2D eigenvalue weighted by Gasteiger charge is -2.28. The Morgan fingerprint density at radius 1 is 1.00 bits per heavy atom. The minimum absolute atomic E-state index is 0.0373. The fourth-order valence-electron chi connectivity index (χ4n) is 3.37. The zero-order valence-corrected chi connectivity index (χ0v) is 21.9. The van der Waals surface area contributed by atoms with E-state index in [4.69, 9.17) is 16.3 Å². The van der Waals surface area contributed by atoms with Crippen LogP contribution in [0.5, 0.6) is 5.75 Å². The molecule has 8 nitrogen and oxygen atoms in total. The number of carbonyl (C=O) groups excluding carboxylic acids is 2. The summed E-state index contributed by atoms with van der Waals surface area (Å²) in [4.78, 5) is 26.9. The maximum absolute atomic E-state index is 13.1. The van der Waals surface area contributed by atoms with E-state index >= 15 is 0 Å². The zero-order valence-electron chi connectivity index (χ0n) is 20.3. The number of likely N-dealkylation sites (N-methyl/N-ethyl adjacent to an activating group) is 1. The Balaban J connectivity index is 1.67. The van der Waals surface area contributed by atoms with Gasteiger partial charge in [0.2, 0.25) is 5.91 Å². The molecule has 0 saturated carbocycles. The number of hydrogen-bond acceptors (Lipinski definition) is 5. The van der Waals surface area contributed by atoms with E-state index in [1.54, 1.807) is 38.1 Å². The number of carbonyl (C=O) groups is 2. The number of amides is 2. The van der Waals surface area contributed by atoms with Gasteiger partial charge in [0.25, 0.3) is 15.9 Å². The average Bonchev–Trinajstić information content (AvgIpc) is 2.88. The van der Waals surface area contributed by atoms with Crippen LogP contribution in [0, 0.1) is 5.82 Å². The van der Waals surface area contributed by atoms with E-state index in [1.165, 1.54) is 41.3 Å². The molecular weight excluding hydrogens is 521 g/mol. The molecule has 11 heteroatoms. The second-order valence-electron chi connectivity index (χ2n) is 8.09. The number of halogens is 2. The van der Waals surface area contributed by atoms with E-state index in [2.05, 4.69) is 10.0 Å².